The van der Waals surface area contributed by atoms with Crippen LogP contribution in [0, 0.1) is 0 Å². The van der Waals surface area contributed by atoms with Crippen molar-refractivity contribution in [2.24, 2.45) is 0 Å². The molecule has 0 aliphatic carbocycles. The summed E-state index contributed by atoms with van der Waals surface area (Å²) in [5.74, 6) is -0.00960. The zero-order valence-corrected chi connectivity index (χ0v) is 16.9. The van der Waals surface area contributed by atoms with Crippen LogP contribution in [-0.2, 0) is 17.9 Å². The number of benzene rings is 3. The molecule has 1 N–H and O–H groups in total. The van der Waals surface area contributed by atoms with Crippen molar-refractivity contribution >= 4 is 50.6 Å². The molecule has 5 aromatic rings. The summed E-state index contributed by atoms with van der Waals surface area (Å²) in [5, 5.41) is 4.71. The van der Waals surface area contributed by atoms with Crippen LogP contribution in [0.15, 0.2) is 72.8 Å². The van der Waals surface area contributed by atoms with Crippen molar-refractivity contribution in [3.63, 3.8) is 0 Å². The zero-order valence-electron chi connectivity index (χ0n) is 16.2. The second-order valence-electron chi connectivity index (χ2n) is 7.21. The number of hydrogen-bond acceptors (Lipinski definition) is 3. The Hall–Kier alpha value is -3.44. The molecule has 2 aromatic heterocycles. The average molecular weight is 415 g/mol. The fourth-order valence-electron chi connectivity index (χ4n) is 3.71. The molecule has 0 saturated heterocycles. The van der Waals surface area contributed by atoms with E-state index in [2.05, 4.69) is 22.0 Å². The molecular formula is C24H19ClN4O. The van der Waals surface area contributed by atoms with Crippen molar-refractivity contribution in [1.29, 1.82) is 0 Å². The topological polar surface area (TPSA) is 59.8 Å². The van der Waals surface area contributed by atoms with Gasteiger partial charge in [0.25, 0.3) is 0 Å². The van der Waals surface area contributed by atoms with Crippen LogP contribution in [0.3, 0.4) is 0 Å². The summed E-state index contributed by atoms with van der Waals surface area (Å²) in [5.41, 5.74) is 5.44. The molecule has 2 heterocycles. The van der Waals surface area contributed by atoms with E-state index in [0.717, 1.165) is 38.7 Å². The summed E-state index contributed by atoms with van der Waals surface area (Å²) in [7, 11) is 0. The lowest BCUT2D eigenvalue weighted by Crippen LogP contribution is -2.23. The van der Waals surface area contributed by atoms with Crippen LogP contribution >= 0.6 is 11.6 Å². The number of hydrogen-bond donors (Lipinski definition) is 1. The van der Waals surface area contributed by atoms with E-state index in [0.29, 0.717) is 24.5 Å². The van der Waals surface area contributed by atoms with Gasteiger partial charge in [-0.2, -0.15) is 0 Å². The van der Waals surface area contributed by atoms with Gasteiger partial charge < -0.3 is 9.88 Å². The summed E-state index contributed by atoms with van der Waals surface area (Å²) < 4.78 is 2.09. The number of aromatic nitrogens is 3. The van der Waals surface area contributed by atoms with Gasteiger partial charge in [-0.05, 0) is 35.9 Å². The fraction of sp³-hybridized carbons (Fsp3) is 0.125. The number of carbonyl (C=O) groups is 1. The van der Waals surface area contributed by atoms with Crippen LogP contribution in [0.4, 0.5) is 0 Å². The molecule has 30 heavy (non-hydrogen) atoms. The Balaban J connectivity index is 1.42. The number of para-hydroxylation sites is 3. The number of rotatable bonds is 5. The van der Waals surface area contributed by atoms with E-state index in [9.17, 15) is 4.79 Å². The number of carbonyl (C=O) groups excluding carboxylic acids is 1. The van der Waals surface area contributed by atoms with Crippen molar-refractivity contribution in [3.05, 3.63) is 83.4 Å². The number of aryl methyl sites for hydroxylation is 1. The first-order valence-corrected chi connectivity index (χ1v) is 10.2. The SMILES string of the molecule is O=C(CCn1c2ccccc2c2nc3ccccc3nc21)NCc1ccc(Cl)cc1. The zero-order chi connectivity index (χ0) is 20.5. The third kappa shape index (κ3) is 3.48. The molecule has 0 bridgehead atoms. The van der Waals surface area contributed by atoms with Crippen LogP contribution in [-0.4, -0.2) is 20.4 Å². The lowest BCUT2D eigenvalue weighted by molar-refractivity contribution is -0.121. The third-order valence-electron chi connectivity index (χ3n) is 5.22. The van der Waals surface area contributed by atoms with Gasteiger partial charge in [-0.3, -0.25) is 4.79 Å². The maximum atomic E-state index is 12.5. The lowest BCUT2D eigenvalue weighted by Gasteiger charge is -2.08. The van der Waals surface area contributed by atoms with E-state index in [1.165, 1.54) is 0 Å². The average Bonchev–Trinajstić information content (AvgIpc) is 3.08. The van der Waals surface area contributed by atoms with Crippen LogP contribution in [0.2, 0.25) is 5.02 Å². The molecule has 0 aliphatic rings. The highest BCUT2D eigenvalue weighted by Crippen LogP contribution is 2.28. The highest BCUT2D eigenvalue weighted by molar-refractivity contribution is 6.30. The summed E-state index contributed by atoms with van der Waals surface area (Å²) in [4.78, 5) is 22.2. The molecule has 0 unspecified atom stereocenters. The largest absolute Gasteiger partial charge is 0.352 e. The standard InChI is InChI=1S/C24H19ClN4O/c25-17-11-9-16(10-12-17)15-26-22(30)13-14-29-21-8-4-1-5-18(21)23-24(29)28-20-7-3-2-6-19(20)27-23/h1-12H,13-15H2,(H,26,30). The monoisotopic (exact) mass is 414 g/mol. The highest BCUT2D eigenvalue weighted by atomic mass is 35.5. The first-order valence-electron chi connectivity index (χ1n) is 9.84. The van der Waals surface area contributed by atoms with Gasteiger partial charge in [0.05, 0.1) is 16.6 Å². The van der Waals surface area contributed by atoms with Crippen LogP contribution < -0.4 is 5.32 Å². The van der Waals surface area contributed by atoms with Gasteiger partial charge in [0.1, 0.15) is 5.52 Å². The summed E-state index contributed by atoms with van der Waals surface area (Å²) >= 11 is 5.91. The minimum atomic E-state index is -0.00960. The Bertz CT molecular complexity index is 1380. The van der Waals surface area contributed by atoms with Gasteiger partial charge in [-0.15, -0.1) is 0 Å². The molecule has 0 radical (unpaired) electrons. The Morgan fingerprint density at radius 1 is 0.900 bits per heavy atom. The van der Waals surface area contributed by atoms with Gasteiger partial charge in [0.15, 0.2) is 5.65 Å². The predicted molar refractivity (Wildman–Crippen MR) is 120 cm³/mol. The molecule has 3 aromatic carbocycles. The molecular weight excluding hydrogens is 396 g/mol. The smallest absolute Gasteiger partial charge is 0.222 e. The van der Waals surface area contributed by atoms with E-state index in [4.69, 9.17) is 21.6 Å². The third-order valence-corrected chi connectivity index (χ3v) is 5.48. The Labute approximate surface area is 178 Å². The van der Waals surface area contributed by atoms with Crippen LogP contribution in [0.5, 0.6) is 0 Å². The van der Waals surface area contributed by atoms with E-state index in [1.807, 2.05) is 60.7 Å². The first kappa shape index (κ1) is 18.6. The van der Waals surface area contributed by atoms with Crippen LogP contribution in [0.25, 0.3) is 33.1 Å². The Morgan fingerprint density at radius 2 is 1.60 bits per heavy atom. The highest BCUT2D eigenvalue weighted by Gasteiger charge is 2.15. The maximum absolute atomic E-state index is 12.5. The van der Waals surface area contributed by atoms with E-state index >= 15 is 0 Å². The second-order valence-corrected chi connectivity index (χ2v) is 7.64. The van der Waals surface area contributed by atoms with Gasteiger partial charge in [-0.25, -0.2) is 9.97 Å². The number of nitrogens with zero attached hydrogens (tertiary/aromatic N) is 3. The van der Waals surface area contributed by atoms with Crippen molar-refractivity contribution in [2.75, 3.05) is 0 Å². The summed E-state index contributed by atoms with van der Waals surface area (Å²) in [6, 6.07) is 23.4. The molecule has 6 heteroatoms. The van der Waals surface area contributed by atoms with Crippen molar-refractivity contribution < 1.29 is 4.79 Å². The summed E-state index contributed by atoms with van der Waals surface area (Å²) in [6.45, 7) is 1.01. The maximum Gasteiger partial charge on any atom is 0.222 e. The summed E-state index contributed by atoms with van der Waals surface area (Å²) in [6.07, 6.45) is 0.357. The molecule has 0 saturated carbocycles. The van der Waals surface area contributed by atoms with E-state index < -0.39 is 0 Å². The minimum absolute atomic E-state index is 0.00960. The molecule has 5 rings (SSSR count). The lowest BCUT2D eigenvalue weighted by atomic mass is 10.2. The Morgan fingerprint density at radius 3 is 2.40 bits per heavy atom. The van der Waals surface area contributed by atoms with E-state index in [-0.39, 0.29) is 5.91 Å². The molecule has 1 amide bonds. The normalized spacial score (nSPS) is 11.4. The van der Waals surface area contributed by atoms with E-state index in [1.54, 1.807) is 0 Å². The van der Waals surface area contributed by atoms with Gasteiger partial charge in [-0.1, -0.05) is 54.1 Å². The van der Waals surface area contributed by atoms with Crippen molar-refractivity contribution in [3.8, 4) is 0 Å². The molecule has 0 atom stereocenters. The van der Waals surface area contributed by atoms with Gasteiger partial charge >= 0.3 is 0 Å². The van der Waals surface area contributed by atoms with Crippen molar-refractivity contribution in [2.45, 2.75) is 19.5 Å². The second kappa shape index (κ2) is 7.76. The fourth-order valence-corrected chi connectivity index (χ4v) is 3.84. The van der Waals surface area contributed by atoms with Gasteiger partial charge in [0, 0.05) is 29.9 Å². The van der Waals surface area contributed by atoms with Crippen molar-refractivity contribution in [1.82, 2.24) is 19.9 Å². The molecule has 0 spiro atoms. The van der Waals surface area contributed by atoms with Gasteiger partial charge in [0.2, 0.25) is 5.91 Å². The Kier molecular flexibility index (Phi) is 4.81. The molecule has 5 nitrogen and oxygen atoms in total. The number of amides is 1. The number of halogens is 1. The predicted octanol–water partition coefficient (Wildman–Crippen LogP) is 5.10. The molecule has 148 valence electrons. The van der Waals surface area contributed by atoms with Crippen LogP contribution in [0.1, 0.15) is 12.0 Å². The minimum Gasteiger partial charge on any atom is -0.352 e. The first-order chi connectivity index (χ1) is 14.7. The quantitative estimate of drug-likeness (QED) is 0.435. The number of nitrogens with one attached hydrogen (secondary N) is 1. The molecule has 0 aliphatic heterocycles. The molecule has 0 fully saturated rings. The number of fused-ring (bicyclic) bond motifs is 4.